The van der Waals surface area contributed by atoms with Crippen LogP contribution >= 0.6 is 0 Å². The van der Waals surface area contributed by atoms with Crippen molar-refractivity contribution in [3.8, 4) is 5.75 Å². The number of nitrogens with one attached hydrogen (secondary N) is 1. The maximum Gasteiger partial charge on any atom is 0.254 e. The molecule has 0 bridgehead atoms. The van der Waals surface area contributed by atoms with E-state index in [-0.39, 0.29) is 24.0 Å². The number of methoxy groups -OCH3 is 2. The second kappa shape index (κ2) is 9.92. The zero-order valence-electron chi connectivity index (χ0n) is 17.2. The van der Waals surface area contributed by atoms with Crippen LogP contribution in [0.2, 0.25) is 0 Å². The summed E-state index contributed by atoms with van der Waals surface area (Å²) in [4.78, 5) is 17.0. The minimum atomic E-state index is -3.69. The summed E-state index contributed by atoms with van der Waals surface area (Å²) < 4.78 is 37.3. The van der Waals surface area contributed by atoms with Gasteiger partial charge in [-0.1, -0.05) is 6.07 Å². The highest BCUT2D eigenvalue weighted by atomic mass is 32.2. The van der Waals surface area contributed by atoms with E-state index in [4.69, 9.17) is 9.47 Å². The van der Waals surface area contributed by atoms with Crippen LogP contribution in [0.5, 0.6) is 5.75 Å². The highest BCUT2D eigenvalue weighted by molar-refractivity contribution is 7.89. The maximum atomic E-state index is 12.9. The van der Waals surface area contributed by atoms with Crippen LogP contribution in [-0.2, 0) is 14.8 Å². The van der Waals surface area contributed by atoms with Gasteiger partial charge in [-0.25, -0.2) is 13.1 Å². The molecule has 2 aromatic carbocycles. The number of carbonyl (C=O) groups excluding carboxylic acids is 1. The van der Waals surface area contributed by atoms with Gasteiger partial charge < -0.3 is 19.3 Å². The molecule has 1 amide bonds. The van der Waals surface area contributed by atoms with Crippen molar-refractivity contribution in [2.24, 2.45) is 0 Å². The average Bonchev–Trinajstić information content (AvgIpc) is 2.79. The highest BCUT2D eigenvalue weighted by Gasteiger charge is 2.24. The van der Waals surface area contributed by atoms with Crippen LogP contribution in [-0.4, -0.2) is 72.8 Å². The number of rotatable bonds is 8. The molecule has 0 aliphatic carbocycles. The van der Waals surface area contributed by atoms with E-state index in [9.17, 15) is 13.2 Å². The van der Waals surface area contributed by atoms with Crippen molar-refractivity contribution in [2.75, 3.05) is 58.5 Å². The predicted molar refractivity (Wildman–Crippen MR) is 115 cm³/mol. The lowest BCUT2D eigenvalue weighted by Crippen LogP contribution is -2.48. The Bertz CT molecular complexity index is 955. The zero-order chi connectivity index (χ0) is 21.6. The second-order valence-corrected chi connectivity index (χ2v) is 8.66. The van der Waals surface area contributed by atoms with Gasteiger partial charge in [0.1, 0.15) is 5.75 Å². The monoisotopic (exact) mass is 433 g/mol. The lowest BCUT2D eigenvalue weighted by atomic mass is 10.1. The minimum Gasteiger partial charge on any atom is -0.497 e. The van der Waals surface area contributed by atoms with Gasteiger partial charge in [-0.2, -0.15) is 0 Å². The first-order valence-corrected chi connectivity index (χ1v) is 11.2. The Labute approximate surface area is 177 Å². The molecule has 1 N–H and O–H groups in total. The maximum absolute atomic E-state index is 12.9. The number of hydrogen-bond donors (Lipinski definition) is 1. The van der Waals surface area contributed by atoms with Crippen LogP contribution in [0.1, 0.15) is 10.4 Å². The Morgan fingerprint density at radius 1 is 1.03 bits per heavy atom. The molecule has 8 nitrogen and oxygen atoms in total. The molecule has 1 saturated heterocycles. The Morgan fingerprint density at radius 2 is 1.73 bits per heavy atom. The van der Waals surface area contributed by atoms with E-state index in [2.05, 4.69) is 9.62 Å². The third-order valence-electron chi connectivity index (χ3n) is 4.99. The number of nitrogens with zero attached hydrogens (tertiary/aromatic N) is 2. The topological polar surface area (TPSA) is 88.2 Å². The van der Waals surface area contributed by atoms with Gasteiger partial charge >= 0.3 is 0 Å². The number of carbonyl (C=O) groups is 1. The third kappa shape index (κ3) is 5.29. The molecule has 1 fully saturated rings. The molecular weight excluding hydrogens is 406 g/mol. The summed E-state index contributed by atoms with van der Waals surface area (Å²) in [6, 6.07) is 14.0. The normalized spacial score (nSPS) is 14.6. The first-order chi connectivity index (χ1) is 14.4. The average molecular weight is 434 g/mol. The summed E-state index contributed by atoms with van der Waals surface area (Å²) in [7, 11) is -0.553. The molecule has 3 rings (SSSR count). The first kappa shape index (κ1) is 22.1. The molecule has 2 aromatic rings. The van der Waals surface area contributed by atoms with Gasteiger partial charge in [-0.3, -0.25) is 4.79 Å². The molecule has 1 aliphatic heterocycles. The summed E-state index contributed by atoms with van der Waals surface area (Å²) in [5, 5.41) is 0. The largest absolute Gasteiger partial charge is 0.497 e. The molecule has 1 heterocycles. The van der Waals surface area contributed by atoms with Crippen molar-refractivity contribution >= 4 is 21.6 Å². The lowest BCUT2D eigenvalue weighted by Gasteiger charge is -2.36. The summed E-state index contributed by atoms with van der Waals surface area (Å²) in [6.07, 6.45) is 0. The van der Waals surface area contributed by atoms with Crippen LogP contribution in [0, 0.1) is 0 Å². The van der Waals surface area contributed by atoms with E-state index >= 15 is 0 Å². The van der Waals surface area contributed by atoms with Crippen LogP contribution in [0.15, 0.2) is 53.4 Å². The van der Waals surface area contributed by atoms with Crippen LogP contribution < -0.4 is 14.4 Å². The molecule has 1 aliphatic rings. The number of benzene rings is 2. The van der Waals surface area contributed by atoms with E-state index in [0.29, 0.717) is 31.7 Å². The molecule has 0 aromatic heterocycles. The van der Waals surface area contributed by atoms with E-state index in [0.717, 1.165) is 11.4 Å². The summed E-state index contributed by atoms with van der Waals surface area (Å²) in [5.74, 6) is 0.637. The fourth-order valence-corrected chi connectivity index (χ4v) is 4.36. The molecule has 0 atom stereocenters. The number of piperazine rings is 1. The van der Waals surface area contributed by atoms with Crippen LogP contribution in [0.4, 0.5) is 5.69 Å². The van der Waals surface area contributed by atoms with Crippen molar-refractivity contribution in [3.05, 3.63) is 54.1 Å². The predicted octanol–water partition coefficient (Wildman–Crippen LogP) is 1.58. The van der Waals surface area contributed by atoms with E-state index < -0.39 is 10.0 Å². The van der Waals surface area contributed by atoms with Crippen molar-refractivity contribution in [2.45, 2.75) is 4.90 Å². The van der Waals surface area contributed by atoms with E-state index in [1.54, 1.807) is 24.1 Å². The summed E-state index contributed by atoms with van der Waals surface area (Å²) >= 11 is 0. The van der Waals surface area contributed by atoms with Crippen LogP contribution in [0.25, 0.3) is 0 Å². The molecule has 0 spiro atoms. The Balaban J connectivity index is 1.63. The standard InChI is InChI=1S/C21H27N3O5S/c1-28-15-10-22-30(26,27)20-5-3-4-17(16-20)21(25)24-13-11-23(12-14-24)18-6-8-19(29-2)9-7-18/h3-9,16,22H,10-15H2,1-2H3. The van der Waals surface area contributed by atoms with Gasteiger partial charge in [0.05, 0.1) is 18.6 Å². The van der Waals surface area contributed by atoms with E-state index in [1.807, 2.05) is 24.3 Å². The summed E-state index contributed by atoms with van der Waals surface area (Å²) in [5.41, 5.74) is 1.45. The number of ether oxygens (including phenoxy) is 2. The summed E-state index contributed by atoms with van der Waals surface area (Å²) in [6.45, 7) is 2.98. The number of amides is 1. The first-order valence-electron chi connectivity index (χ1n) is 9.71. The van der Waals surface area contributed by atoms with Gasteiger partial charge in [0.2, 0.25) is 10.0 Å². The van der Waals surface area contributed by atoms with Gasteiger partial charge in [0.25, 0.3) is 5.91 Å². The quantitative estimate of drug-likeness (QED) is 0.636. The van der Waals surface area contributed by atoms with Gasteiger partial charge in [0, 0.05) is 51.1 Å². The molecular formula is C21H27N3O5S. The molecule has 0 radical (unpaired) electrons. The molecule has 0 saturated carbocycles. The number of sulfonamides is 1. The number of hydrogen-bond acceptors (Lipinski definition) is 6. The second-order valence-electron chi connectivity index (χ2n) is 6.90. The van der Waals surface area contributed by atoms with Crippen LogP contribution in [0.3, 0.4) is 0 Å². The SMILES string of the molecule is COCCNS(=O)(=O)c1cccc(C(=O)N2CCN(c3ccc(OC)cc3)CC2)c1. The smallest absolute Gasteiger partial charge is 0.254 e. The third-order valence-corrected chi connectivity index (χ3v) is 6.45. The lowest BCUT2D eigenvalue weighted by molar-refractivity contribution is 0.0746. The Hall–Kier alpha value is -2.62. The minimum absolute atomic E-state index is 0.0707. The fraction of sp³-hybridized carbons (Fsp3) is 0.381. The van der Waals surface area contributed by atoms with Crippen molar-refractivity contribution in [3.63, 3.8) is 0 Å². The molecule has 9 heteroatoms. The highest BCUT2D eigenvalue weighted by Crippen LogP contribution is 2.21. The van der Waals surface area contributed by atoms with Crippen molar-refractivity contribution in [1.82, 2.24) is 9.62 Å². The molecule has 0 unspecified atom stereocenters. The van der Waals surface area contributed by atoms with E-state index in [1.165, 1.54) is 19.2 Å². The molecule has 162 valence electrons. The zero-order valence-corrected chi connectivity index (χ0v) is 18.0. The Kier molecular flexibility index (Phi) is 7.30. The van der Waals surface area contributed by atoms with Crippen molar-refractivity contribution < 1.29 is 22.7 Å². The molecule has 30 heavy (non-hydrogen) atoms. The fourth-order valence-electron chi connectivity index (χ4n) is 3.30. The van der Waals surface area contributed by atoms with Gasteiger partial charge in [0.15, 0.2) is 0 Å². The number of anilines is 1. The van der Waals surface area contributed by atoms with Crippen molar-refractivity contribution in [1.29, 1.82) is 0 Å². The van der Waals surface area contributed by atoms with Gasteiger partial charge in [-0.15, -0.1) is 0 Å². The van der Waals surface area contributed by atoms with Gasteiger partial charge in [-0.05, 0) is 42.5 Å². The Morgan fingerprint density at radius 3 is 2.37 bits per heavy atom.